The molecule has 176 valence electrons. The van der Waals surface area contributed by atoms with Gasteiger partial charge in [-0.05, 0) is 53.9 Å². The molecule has 0 amide bonds. The smallest absolute Gasteiger partial charge is 0.230 e. The fourth-order valence-electron chi connectivity index (χ4n) is 3.65. The van der Waals surface area contributed by atoms with E-state index >= 15 is 0 Å². The van der Waals surface area contributed by atoms with Crippen LogP contribution in [0.25, 0.3) is 22.2 Å². The van der Waals surface area contributed by atoms with Gasteiger partial charge in [0.15, 0.2) is 9.84 Å². The molecule has 0 unspecified atom stereocenters. The van der Waals surface area contributed by atoms with Gasteiger partial charge in [0, 0.05) is 22.8 Å². The van der Waals surface area contributed by atoms with E-state index in [1.165, 1.54) is 29.8 Å². The van der Waals surface area contributed by atoms with Crippen LogP contribution in [0.3, 0.4) is 0 Å². The molecular formula is C28H24N2O4S. The monoisotopic (exact) mass is 484 g/mol. The van der Waals surface area contributed by atoms with Gasteiger partial charge in [0.05, 0.1) is 16.1 Å². The van der Waals surface area contributed by atoms with Crippen molar-refractivity contribution < 1.29 is 17.9 Å². The van der Waals surface area contributed by atoms with Gasteiger partial charge in [0.25, 0.3) is 0 Å². The van der Waals surface area contributed by atoms with Gasteiger partial charge < -0.3 is 4.74 Å². The zero-order valence-electron chi connectivity index (χ0n) is 19.6. The highest BCUT2D eigenvalue weighted by Crippen LogP contribution is 2.31. The normalized spacial score (nSPS) is 11.4. The molecule has 7 heteroatoms. The van der Waals surface area contributed by atoms with Gasteiger partial charge in [-0.15, -0.1) is 6.42 Å². The van der Waals surface area contributed by atoms with E-state index < -0.39 is 15.6 Å². The standard InChI is InChI=1S/C28H24N2O4S/c1-5-16-34-22-12-15-25-24(17-22)26(20-8-6-19(7-9-20)18(2)3)30-28(29-25)27(31)21-10-13-23(14-11-21)35(4,32)33/h1,6-15,17-18H,16H2,2-4H3. The van der Waals surface area contributed by atoms with E-state index in [9.17, 15) is 13.2 Å². The first-order valence-electron chi connectivity index (χ1n) is 11.0. The summed E-state index contributed by atoms with van der Waals surface area (Å²) in [5.74, 6) is 3.02. The Morgan fingerprint density at radius 3 is 2.29 bits per heavy atom. The number of ether oxygens (including phenoxy) is 1. The van der Waals surface area contributed by atoms with Crippen molar-refractivity contribution >= 4 is 26.5 Å². The average molecular weight is 485 g/mol. The first-order chi connectivity index (χ1) is 16.7. The minimum Gasteiger partial charge on any atom is -0.481 e. The minimum absolute atomic E-state index is 0.0184. The van der Waals surface area contributed by atoms with E-state index in [1.807, 2.05) is 30.3 Å². The number of fused-ring (bicyclic) bond motifs is 1. The van der Waals surface area contributed by atoms with Crippen molar-refractivity contribution in [1.29, 1.82) is 0 Å². The number of nitrogens with zero attached hydrogens (tertiary/aromatic N) is 2. The second kappa shape index (κ2) is 9.69. The third-order valence-electron chi connectivity index (χ3n) is 5.59. The number of sulfone groups is 1. The predicted octanol–water partition coefficient (Wildman–Crippen LogP) is 5.07. The van der Waals surface area contributed by atoms with Crippen molar-refractivity contribution in [2.45, 2.75) is 24.7 Å². The molecule has 0 atom stereocenters. The van der Waals surface area contributed by atoms with Crippen molar-refractivity contribution in [3.05, 3.63) is 83.7 Å². The summed E-state index contributed by atoms with van der Waals surface area (Å²) in [4.78, 5) is 22.5. The van der Waals surface area contributed by atoms with Crippen molar-refractivity contribution in [2.75, 3.05) is 12.9 Å². The van der Waals surface area contributed by atoms with Crippen LogP contribution in [0.4, 0.5) is 0 Å². The van der Waals surface area contributed by atoms with Crippen molar-refractivity contribution in [2.24, 2.45) is 0 Å². The summed E-state index contributed by atoms with van der Waals surface area (Å²) < 4.78 is 29.1. The summed E-state index contributed by atoms with van der Waals surface area (Å²) in [5, 5.41) is 0.723. The molecule has 35 heavy (non-hydrogen) atoms. The first kappa shape index (κ1) is 24.1. The van der Waals surface area contributed by atoms with Gasteiger partial charge in [-0.25, -0.2) is 18.4 Å². The van der Waals surface area contributed by atoms with Crippen LogP contribution in [-0.2, 0) is 9.84 Å². The topological polar surface area (TPSA) is 86.2 Å². The molecule has 6 nitrogen and oxygen atoms in total. The van der Waals surface area contributed by atoms with E-state index in [-0.39, 0.29) is 17.3 Å². The van der Waals surface area contributed by atoms with Gasteiger partial charge in [0.1, 0.15) is 12.4 Å². The van der Waals surface area contributed by atoms with Gasteiger partial charge >= 0.3 is 0 Å². The second-order valence-corrected chi connectivity index (χ2v) is 10.5. The fourth-order valence-corrected chi connectivity index (χ4v) is 4.28. The molecule has 0 saturated carbocycles. The molecule has 0 saturated heterocycles. The number of benzene rings is 3. The molecule has 0 radical (unpaired) electrons. The maximum atomic E-state index is 13.3. The fraction of sp³-hybridized carbons (Fsp3) is 0.179. The molecule has 0 fully saturated rings. The Morgan fingerprint density at radius 2 is 1.69 bits per heavy atom. The van der Waals surface area contributed by atoms with E-state index in [0.717, 1.165) is 17.2 Å². The average Bonchev–Trinajstić information content (AvgIpc) is 2.86. The number of carbonyl (C=O) groups excluding carboxylic acids is 1. The second-order valence-electron chi connectivity index (χ2n) is 8.47. The van der Waals surface area contributed by atoms with Crippen molar-refractivity contribution in [3.8, 4) is 29.4 Å². The maximum Gasteiger partial charge on any atom is 0.230 e. The quantitative estimate of drug-likeness (QED) is 0.269. The Kier molecular flexibility index (Phi) is 6.68. The lowest BCUT2D eigenvalue weighted by Gasteiger charge is -2.12. The van der Waals surface area contributed by atoms with Crippen LogP contribution in [0.2, 0.25) is 0 Å². The molecule has 4 rings (SSSR count). The summed E-state index contributed by atoms with van der Waals surface area (Å²) in [7, 11) is -3.37. The third kappa shape index (κ3) is 5.23. The Hall–Kier alpha value is -4.02. The zero-order valence-corrected chi connectivity index (χ0v) is 20.5. The molecule has 1 heterocycles. The van der Waals surface area contributed by atoms with Crippen LogP contribution in [0.15, 0.2) is 71.6 Å². The highest BCUT2D eigenvalue weighted by Gasteiger charge is 2.19. The largest absolute Gasteiger partial charge is 0.481 e. The zero-order chi connectivity index (χ0) is 25.2. The van der Waals surface area contributed by atoms with E-state index in [0.29, 0.717) is 28.4 Å². The predicted molar refractivity (Wildman–Crippen MR) is 136 cm³/mol. The van der Waals surface area contributed by atoms with E-state index in [2.05, 4.69) is 29.7 Å². The Morgan fingerprint density at radius 1 is 1.00 bits per heavy atom. The van der Waals surface area contributed by atoms with Gasteiger partial charge in [-0.3, -0.25) is 4.79 Å². The number of hydrogen-bond acceptors (Lipinski definition) is 6. The van der Waals surface area contributed by atoms with Gasteiger partial charge in [0.2, 0.25) is 11.6 Å². The number of aromatic nitrogens is 2. The lowest BCUT2D eigenvalue weighted by molar-refractivity contribution is 0.102. The van der Waals surface area contributed by atoms with Crippen LogP contribution in [0.1, 0.15) is 41.5 Å². The Bertz CT molecular complexity index is 1550. The van der Waals surface area contributed by atoms with Crippen molar-refractivity contribution in [1.82, 2.24) is 9.97 Å². The van der Waals surface area contributed by atoms with E-state index in [1.54, 1.807) is 12.1 Å². The summed E-state index contributed by atoms with van der Waals surface area (Å²) in [6.07, 6.45) is 6.44. The molecular weight excluding hydrogens is 460 g/mol. The van der Waals surface area contributed by atoms with Crippen molar-refractivity contribution in [3.63, 3.8) is 0 Å². The summed E-state index contributed by atoms with van der Waals surface area (Å²) >= 11 is 0. The number of carbonyl (C=O) groups is 1. The van der Waals surface area contributed by atoms with Gasteiger partial charge in [-0.2, -0.15) is 0 Å². The van der Waals surface area contributed by atoms with Crippen LogP contribution in [0.5, 0.6) is 5.75 Å². The summed E-state index contributed by atoms with van der Waals surface area (Å²) in [5.41, 5.74) is 3.48. The van der Waals surface area contributed by atoms with E-state index in [4.69, 9.17) is 11.2 Å². The highest BCUT2D eigenvalue weighted by molar-refractivity contribution is 7.90. The number of hydrogen-bond donors (Lipinski definition) is 0. The lowest BCUT2D eigenvalue weighted by atomic mass is 9.99. The molecule has 0 aliphatic heterocycles. The molecule has 0 N–H and O–H groups in total. The summed E-state index contributed by atoms with van der Waals surface area (Å²) in [6.45, 7) is 4.37. The molecule has 3 aromatic carbocycles. The minimum atomic E-state index is -3.37. The molecule has 0 aliphatic rings. The lowest BCUT2D eigenvalue weighted by Crippen LogP contribution is -2.09. The maximum absolute atomic E-state index is 13.3. The summed E-state index contributed by atoms with van der Waals surface area (Å²) in [6, 6.07) is 19.1. The first-order valence-corrected chi connectivity index (χ1v) is 12.9. The highest BCUT2D eigenvalue weighted by atomic mass is 32.2. The number of ketones is 1. The Balaban J connectivity index is 1.84. The Labute approximate surface area is 204 Å². The van der Waals surface area contributed by atoms with Crippen LogP contribution in [-0.4, -0.2) is 37.0 Å². The van der Waals surface area contributed by atoms with Gasteiger partial charge in [-0.1, -0.05) is 44.0 Å². The SMILES string of the molecule is C#CCOc1ccc2nc(C(=O)c3ccc(S(C)(=O)=O)cc3)nc(-c3ccc(C(C)C)cc3)c2c1. The molecule has 0 spiro atoms. The van der Waals surface area contributed by atoms with Crippen LogP contribution < -0.4 is 4.74 Å². The molecule has 0 aliphatic carbocycles. The number of terminal acetylenes is 1. The number of rotatable bonds is 7. The molecule has 0 bridgehead atoms. The van der Waals surface area contributed by atoms with Crippen LogP contribution >= 0.6 is 0 Å². The van der Waals surface area contributed by atoms with Crippen LogP contribution in [0, 0.1) is 12.3 Å². The molecule has 1 aromatic heterocycles. The molecule has 4 aromatic rings. The third-order valence-corrected chi connectivity index (χ3v) is 6.72.